The summed E-state index contributed by atoms with van der Waals surface area (Å²) in [6.45, 7) is 5.09. The number of likely N-dealkylation sites (tertiary alicyclic amines) is 1. The number of phenols is 1. The molecule has 2 aliphatic rings. The largest absolute Gasteiger partial charge is 0.506 e. The molecule has 0 aromatic heterocycles. The Morgan fingerprint density at radius 3 is 2.74 bits per heavy atom. The Morgan fingerprint density at radius 2 is 2.04 bits per heavy atom. The third-order valence-electron chi connectivity index (χ3n) is 5.28. The van der Waals surface area contributed by atoms with Crippen LogP contribution in [0.25, 0.3) is 0 Å². The van der Waals surface area contributed by atoms with Gasteiger partial charge in [-0.2, -0.15) is 0 Å². The van der Waals surface area contributed by atoms with Crippen molar-refractivity contribution in [2.24, 2.45) is 0 Å². The summed E-state index contributed by atoms with van der Waals surface area (Å²) in [7, 11) is 0. The minimum atomic E-state index is -0.620. The van der Waals surface area contributed by atoms with Crippen LogP contribution in [0.3, 0.4) is 0 Å². The predicted molar refractivity (Wildman–Crippen MR) is 99.4 cm³/mol. The molecule has 5 nitrogen and oxygen atoms in total. The Bertz CT molecular complexity index is 930. The second kappa shape index (κ2) is 6.54. The van der Waals surface area contributed by atoms with E-state index >= 15 is 0 Å². The zero-order valence-corrected chi connectivity index (χ0v) is 14.7. The van der Waals surface area contributed by atoms with Crippen molar-refractivity contribution in [3.63, 3.8) is 0 Å². The number of carbonyl (C=O) groups excluding carboxylic acids is 2. The number of amides is 2. The van der Waals surface area contributed by atoms with Gasteiger partial charge < -0.3 is 14.9 Å². The molecule has 2 aromatic rings. The topological polar surface area (TPSA) is 60.9 Å². The summed E-state index contributed by atoms with van der Waals surface area (Å²) in [6, 6.07) is 9.66. The van der Waals surface area contributed by atoms with E-state index in [1.165, 1.54) is 29.2 Å². The van der Waals surface area contributed by atoms with E-state index in [4.69, 9.17) is 0 Å². The molecule has 1 N–H and O–H groups in total. The highest BCUT2D eigenvalue weighted by molar-refractivity contribution is 6.09. The first-order valence-corrected chi connectivity index (χ1v) is 8.83. The molecule has 138 valence electrons. The van der Waals surface area contributed by atoms with Crippen molar-refractivity contribution in [1.82, 2.24) is 4.90 Å². The smallest absolute Gasteiger partial charge is 0.258 e. The summed E-state index contributed by atoms with van der Waals surface area (Å²) in [5.41, 5.74) is 2.45. The third-order valence-corrected chi connectivity index (χ3v) is 5.28. The van der Waals surface area contributed by atoms with Crippen LogP contribution in [0.15, 0.2) is 49.1 Å². The van der Waals surface area contributed by atoms with E-state index in [2.05, 4.69) is 6.58 Å². The van der Waals surface area contributed by atoms with E-state index in [0.717, 1.165) is 11.1 Å². The first-order valence-electron chi connectivity index (χ1n) is 8.83. The zero-order valence-electron chi connectivity index (χ0n) is 14.7. The van der Waals surface area contributed by atoms with Gasteiger partial charge in [0.05, 0.1) is 0 Å². The Hall–Kier alpha value is -3.15. The fourth-order valence-corrected chi connectivity index (χ4v) is 3.75. The number of halogens is 1. The van der Waals surface area contributed by atoms with Crippen LogP contribution in [0.1, 0.15) is 27.4 Å². The van der Waals surface area contributed by atoms with Gasteiger partial charge in [0.25, 0.3) is 5.91 Å². The van der Waals surface area contributed by atoms with Gasteiger partial charge in [0, 0.05) is 31.1 Å². The minimum absolute atomic E-state index is 0.0697. The summed E-state index contributed by atoms with van der Waals surface area (Å²) in [4.78, 5) is 27.4. The lowest BCUT2D eigenvalue weighted by Gasteiger charge is -2.39. The van der Waals surface area contributed by atoms with Crippen LogP contribution < -0.4 is 4.90 Å². The summed E-state index contributed by atoms with van der Waals surface area (Å²) in [5, 5.41) is 9.98. The average Bonchev–Trinajstić information content (AvgIpc) is 2.62. The molecule has 0 unspecified atom stereocenters. The lowest BCUT2D eigenvalue weighted by molar-refractivity contribution is -0.130. The van der Waals surface area contributed by atoms with Crippen molar-refractivity contribution in [2.45, 2.75) is 12.3 Å². The van der Waals surface area contributed by atoms with E-state index in [-0.39, 0.29) is 29.2 Å². The molecule has 2 aliphatic heterocycles. The van der Waals surface area contributed by atoms with Crippen LogP contribution in [0, 0.1) is 5.82 Å². The monoisotopic (exact) mass is 366 g/mol. The van der Waals surface area contributed by atoms with Gasteiger partial charge in [-0.25, -0.2) is 4.39 Å². The summed E-state index contributed by atoms with van der Waals surface area (Å²) in [5.74, 6) is -1.00. The molecule has 0 bridgehead atoms. The van der Waals surface area contributed by atoms with Crippen LogP contribution in [-0.4, -0.2) is 41.5 Å². The average molecular weight is 366 g/mol. The Balaban J connectivity index is 1.57. The molecule has 0 radical (unpaired) electrons. The highest BCUT2D eigenvalue weighted by Crippen LogP contribution is 2.35. The van der Waals surface area contributed by atoms with Gasteiger partial charge in [0.1, 0.15) is 11.4 Å². The standard InChI is InChI=1S/C21H19FN2O3/c1-2-19(26)23-11-15(12-23)13-6-7-16-14(10-13)8-9-24(21(16)27)20-17(22)4-3-5-18(20)25/h2-7,10,15,25H,1,8-9,11-12H2. The number of rotatable bonds is 3. The molecule has 0 saturated carbocycles. The number of para-hydroxylation sites is 1. The lowest BCUT2D eigenvalue weighted by atomic mass is 9.87. The van der Waals surface area contributed by atoms with Crippen molar-refractivity contribution in [1.29, 1.82) is 0 Å². The normalized spacial score (nSPS) is 16.7. The second-order valence-electron chi connectivity index (χ2n) is 6.88. The van der Waals surface area contributed by atoms with Crippen LogP contribution in [0.5, 0.6) is 5.75 Å². The highest BCUT2D eigenvalue weighted by atomic mass is 19.1. The Labute approximate surface area is 156 Å². The molecule has 1 fully saturated rings. The number of fused-ring (bicyclic) bond motifs is 1. The van der Waals surface area contributed by atoms with Gasteiger partial charge in [-0.3, -0.25) is 9.59 Å². The fourth-order valence-electron chi connectivity index (χ4n) is 3.75. The van der Waals surface area contributed by atoms with Crippen LogP contribution in [0.4, 0.5) is 10.1 Å². The lowest BCUT2D eigenvalue weighted by Crippen LogP contribution is -2.47. The van der Waals surface area contributed by atoms with Crippen molar-refractivity contribution in [2.75, 3.05) is 24.5 Å². The van der Waals surface area contributed by atoms with E-state index in [9.17, 15) is 19.1 Å². The molecule has 27 heavy (non-hydrogen) atoms. The van der Waals surface area contributed by atoms with E-state index in [0.29, 0.717) is 31.6 Å². The Kier molecular flexibility index (Phi) is 4.18. The number of hydrogen-bond donors (Lipinski definition) is 1. The number of hydrogen-bond acceptors (Lipinski definition) is 3. The number of nitrogens with zero attached hydrogens (tertiary/aromatic N) is 2. The van der Waals surface area contributed by atoms with Crippen LogP contribution in [-0.2, 0) is 11.2 Å². The van der Waals surface area contributed by atoms with Gasteiger partial charge in [-0.05, 0) is 41.8 Å². The van der Waals surface area contributed by atoms with E-state index in [1.54, 1.807) is 11.0 Å². The molecule has 4 rings (SSSR count). The molecule has 6 heteroatoms. The van der Waals surface area contributed by atoms with Crippen molar-refractivity contribution in [3.05, 3.63) is 71.6 Å². The first kappa shape index (κ1) is 17.3. The molecule has 0 atom stereocenters. The highest BCUT2D eigenvalue weighted by Gasteiger charge is 2.33. The number of phenolic OH excluding ortho intramolecular Hbond substituents is 1. The summed E-state index contributed by atoms with van der Waals surface area (Å²) in [6.07, 6.45) is 1.89. The minimum Gasteiger partial charge on any atom is -0.506 e. The van der Waals surface area contributed by atoms with Gasteiger partial charge in [-0.1, -0.05) is 24.8 Å². The molecule has 0 spiro atoms. The molecule has 1 saturated heterocycles. The van der Waals surface area contributed by atoms with Crippen LogP contribution in [0.2, 0.25) is 0 Å². The molecule has 0 aliphatic carbocycles. The van der Waals surface area contributed by atoms with Crippen LogP contribution >= 0.6 is 0 Å². The molecular weight excluding hydrogens is 347 g/mol. The third kappa shape index (κ3) is 2.87. The van der Waals surface area contributed by atoms with E-state index in [1.807, 2.05) is 12.1 Å². The first-order chi connectivity index (χ1) is 13.0. The van der Waals surface area contributed by atoms with Crippen molar-refractivity contribution < 1.29 is 19.1 Å². The molecule has 2 amide bonds. The summed E-state index contributed by atoms with van der Waals surface area (Å²) < 4.78 is 14.1. The zero-order chi connectivity index (χ0) is 19.1. The maximum Gasteiger partial charge on any atom is 0.258 e. The molecule has 2 aromatic carbocycles. The molecule has 2 heterocycles. The van der Waals surface area contributed by atoms with Crippen molar-refractivity contribution in [3.8, 4) is 5.75 Å². The SMILES string of the molecule is C=CC(=O)N1CC(c2ccc3c(c2)CCN(c2c(O)cccc2F)C3=O)C1. The fraction of sp³-hybridized carbons (Fsp3) is 0.238. The number of aromatic hydroxyl groups is 1. The maximum absolute atomic E-state index is 14.1. The van der Waals surface area contributed by atoms with Gasteiger partial charge in [-0.15, -0.1) is 0 Å². The number of carbonyl (C=O) groups is 2. The van der Waals surface area contributed by atoms with Gasteiger partial charge in [0.15, 0.2) is 5.82 Å². The number of anilines is 1. The second-order valence-corrected chi connectivity index (χ2v) is 6.88. The Morgan fingerprint density at radius 1 is 1.26 bits per heavy atom. The van der Waals surface area contributed by atoms with Gasteiger partial charge >= 0.3 is 0 Å². The quantitative estimate of drug-likeness (QED) is 0.850. The van der Waals surface area contributed by atoms with Gasteiger partial charge in [0.2, 0.25) is 5.91 Å². The number of benzene rings is 2. The van der Waals surface area contributed by atoms with E-state index < -0.39 is 5.82 Å². The maximum atomic E-state index is 14.1. The summed E-state index contributed by atoms with van der Waals surface area (Å²) >= 11 is 0. The van der Waals surface area contributed by atoms with Crippen molar-refractivity contribution >= 4 is 17.5 Å². The molecular formula is C21H19FN2O3. The predicted octanol–water partition coefficient (Wildman–Crippen LogP) is 2.85.